The van der Waals surface area contributed by atoms with Gasteiger partial charge in [0.05, 0.1) is 6.04 Å². The van der Waals surface area contributed by atoms with Crippen LogP contribution in [0.2, 0.25) is 0 Å². The molecule has 29 heavy (non-hydrogen) atoms. The molecule has 0 amide bonds. The van der Waals surface area contributed by atoms with Crippen molar-refractivity contribution in [3.8, 4) is 5.75 Å². The molecule has 0 fully saturated rings. The quantitative estimate of drug-likeness (QED) is 0.470. The van der Waals surface area contributed by atoms with Crippen molar-refractivity contribution >= 4 is 11.8 Å². The smallest absolute Gasteiger partial charge is 0.123 e. The van der Waals surface area contributed by atoms with Gasteiger partial charge in [0.15, 0.2) is 0 Å². The minimum atomic E-state index is -0.322. The third kappa shape index (κ3) is 5.90. The first-order chi connectivity index (χ1) is 14.0. The number of aliphatic hydroxyl groups excluding tert-OH is 1. The monoisotopic (exact) mass is 395 g/mol. The third-order valence-corrected chi connectivity index (χ3v) is 4.74. The van der Waals surface area contributed by atoms with Crippen LogP contribution in [-0.4, -0.2) is 16.8 Å². The van der Waals surface area contributed by atoms with Crippen molar-refractivity contribution in [2.75, 3.05) is 11.9 Å². The van der Waals surface area contributed by atoms with Crippen LogP contribution >= 0.6 is 0 Å². The standard InChI is InChI=1S/C24H23F2NO2/c25-20-8-4-17(5-9-20)2-1-3-19(16-28)24(18-6-14-23(29)15-7-18)27-22-12-10-21(26)11-13-22/h1-2,4-15,19,24,27-29H,3,16H2/t19-,24+/m0/s1. The van der Waals surface area contributed by atoms with Crippen LogP contribution in [0, 0.1) is 17.6 Å². The molecule has 0 spiro atoms. The van der Waals surface area contributed by atoms with Gasteiger partial charge < -0.3 is 15.5 Å². The molecular weight excluding hydrogens is 372 g/mol. The predicted molar refractivity (Wildman–Crippen MR) is 111 cm³/mol. The Balaban J connectivity index is 1.80. The van der Waals surface area contributed by atoms with Crippen molar-refractivity contribution < 1.29 is 19.0 Å². The van der Waals surface area contributed by atoms with Gasteiger partial charge in [-0.25, -0.2) is 8.78 Å². The molecule has 3 rings (SSSR count). The Hall–Kier alpha value is -3.18. The molecule has 150 valence electrons. The second-order valence-corrected chi connectivity index (χ2v) is 6.85. The molecule has 3 nitrogen and oxygen atoms in total. The second kappa shape index (κ2) is 9.85. The lowest BCUT2D eigenvalue weighted by molar-refractivity contribution is 0.211. The summed E-state index contributed by atoms with van der Waals surface area (Å²) in [5, 5.41) is 23.0. The van der Waals surface area contributed by atoms with Gasteiger partial charge in [-0.15, -0.1) is 0 Å². The summed E-state index contributed by atoms with van der Waals surface area (Å²) in [7, 11) is 0. The molecule has 3 N–H and O–H groups in total. The number of phenols is 1. The van der Waals surface area contributed by atoms with Gasteiger partial charge >= 0.3 is 0 Å². The number of allylic oxidation sites excluding steroid dienone is 1. The van der Waals surface area contributed by atoms with E-state index in [2.05, 4.69) is 5.32 Å². The van der Waals surface area contributed by atoms with Crippen LogP contribution in [0.25, 0.3) is 6.08 Å². The van der Waals surface area contributed by atoms with Crippen molar-refractivity contribution in [3.05, 3.63) is 102 Å². The van der Waals surface area contributed by atoms with Gasteiger partial charge in [-0.05, 0) is 66.1 Å². The van der Waals surface area contributed by atoms with E-state index >= 15 is 0 Å². The number of benzene rings is 3. The minimum absolute atomic E-state index is 0.0759. The Bertz CT molecular complexity index is 923. The van der Waals surface area contributed by atoms with Crippen LogP contribution in [-0.2, 0) is 0 Å². The lowest BCUT2D eigenvalue weighted by Gasteiger charge is -2.27. The van der Waals surface area contributed by atoms with Gasteiger partial charge in [0, 0.05) is 18.2 Å². The van der Waals surface area contributed by atoms with Crippen molar-refractivity contribution in [1.82, 2.24) is 0 Å². The van der Waals surface area contributed by atoms with Gasteiger partial charge in [-0.3, -0.25) is 0 Å². The molecular formula is C24H23F2NO2. The van der Waals surface area contributed by atoms with E-state index in [1.165, 1.54) is 24.3 Å². The van der Waals surface area contributed by atoms with Gasteiger partial charge in [0.1, 0.15) is 17.4 Å². The molecule has 3 aromatic carbocycles. The highest BCUT2D eigenvalue weighted by Crippen LogP contribution is 2.30. The Kier molecular flexibility index (Phi) is 6.98. The second-order valence-electron chi connectivity index (χ2n) is 6.85. The molecule has 0 aliphatic rings. The zero-order chi connectivity index (χ0) is 20.6. The van der Waals surface area contributed by atoms with E-state index in [1.807, 2.05) is 12.2 Å². The maximum absolute atomic E-state index is 13.2. The first-order valence-electron chi connectivity index (χ1n) is 9.39. The molecule has 0 aromatic heterocycles. The number of rotatable bonds is 8. The topological polar surface area (TPSA) is 52.5 Å². The van der Waals surface area contributed by atoms with E-state index in [9.17, 15) is 19.0 Å². The zero-order valence-electron chi connectivity index (χ0n) is 15.8. The first-order valence-corrected chi connectivity index (χ1v) is 9.39. The largest absolute Gasteiger partial charge is 0.508 e. The van der Waals surface area contributed by atoms with Gasteiger partial charge in [-0.1, -0.05) is 36.4 Å². The molecule has 5 heteroatoms. The first kappa shape index (κ1) is 20.6. The van der Waals surface area contributed by atoms with E-state index in [4.69, 9.17) is 0 Å². The van der Waals surface area contributed by atoms with Crippen molar-refractivity contribution in [3.63, 3.8) is 0 Å². The minimum Gasteiger partial charge on any atom is -0.508 e. The zero-order valence-corrected chi connectivity index (χ0v) is 15.8. The summed E-state index contributed by atoms with van der Waals surface area (Å²) in [6.07, 6.45) is 4.38. The summed E-state index contributed by atoms with van der Waals surface area (Å²) in [5.74, 6) is -0.628. The molecule has 0 aliphatic carbocycles. The molecule has 0 saturated heterocycles. The van der Waals surface area contributed by atoms with E-state index in [1.54, 1.807) is 48.5 Å². The summed E-state index contributed by atoms with van der Waals surface area (Å²) in [6, 6.07) is 18.7. The number of nitrogens with one attached hydrogen (secondary N) is 1. The Morgan fingerprint density at radius 3 is 2.00 bits per heavy atom. The highest BCUT2D eigenvalue weighted by molar-refractivity contribution is 5.49. The van der Waals surface area contributed by atoms with Crippen LogP contribution in [0.5, 0.6) is 5.75 Å². The highest BCUT2D eigenvalue weighted by Gasteiger charge is 2.22. The number of hydrogen-bond donors (Lipinski definition) is 3. The Labute approximate surface area is 169 Å². The predicted octanol–water partition coefficient (Wildman–Crippen LogP) is 5.54. The molecule has 2 atom stereocenters. The van der Waals surface area contributed by atoms with Crippen LogP contribution in [0.4, 0.5) is 14.5 Å². The maximum atomic E-state index is 13.2. The van der Waals surface area contributed by atoms with E-state index in [0.717, 1.165) is 16.8 Å². The van der Waals surface area contributed by atoms with Crippen LogP contribution in [0.3, 0.4) is 0 Å². The normalized spacial score (nSPS) is 13.3. The average molecular weight is 395 g/mol. The van der Waals surface area contributed by atoms with Gasteiger partial charge in [-0.2, -0.15) is 0 Å². The SMILES string of the molecule is OC[C@H](CC=Cc1ccc(F)cc1)[C@H](Nc1ccc(F)cc1)c1ccc(O)cc1. The van der Waals surface area contributed by atoms with Crippen molar-refractivity contribution in [2.45, 2.75) is 12.5 Å². The Morgan fingerprint density at radius 2 is 1.41 bits per heavy atom. The third-order valence-electron chi connectivity index (χ3n) is 4.74. The summed E-state index contributed by atoms with van der Waals surface area (Å²) >= 11 is 0. The molecule has 0 saturated carbocycles. The summed E-state index contributed by atoms with van der Waals surface area (Å²) in [4.78, 5) is 0. The van der Waals surface area contributed by atoms with Crippen molar-refractivity contribution in [2.24, 2.45) is 5.92 Å². The maximum Gasteiger partial charge on any atom is 0.123 e. The van der Waals surface area contributed by atoms with Crippen LogP contribution < -0.4 is 5.32 Å². The number of anilines is 1. The number of hydrogen-bond acceptors (Lipinski definition) is 3. The number of aliphatic hydroxyl groups is 1. The highest BCUT2D eigenvalue weighted by atomic mass is 19.1. The molecule has 0 radical (unpaired) electrons. The fourth-order valence-corrected chi connectivity index (χ4v) is 3.15. The van der Waals surface area contributed by atoms with Crippen LogP contribution in [0.1, 0.15) is 23.6 Å². The number of aromatic hydroxyl groups is 1. The van der Waals surface area contributed by atoms with Crippen LogP contribution in [0.15, 0.2) is 78.9 Å². The van der Waals surface area contributed by atoms with E-state index < -0.39 is 0 Å². The Morgan fingerprint density at radius 1 is 0.828 bits per heavy atom. The lowest BCUT2D eigenvalue weighted by Crippen LogP contribution is -2.23. The molecule has 0 heterocycles. The molecule has 0 aliphatic heterocycles. The fourth-order valence-electron chi connectivity index (χ4n) is 3.15. The number of phenolic OH excluding ortho intramolecular Hbond substituents is 1. The van der Waals surface area contributed by atoms with Gasteiger partial charge in [0.2, 0.25) is 0 Å². The fraction of sp³-hybridized carbons (Fsp3) is 0.167. The number of halogens is 2. The summed E-state index contributed by atoms with van der Waals surface area (Å²) in [5.41, 5.74) is 2.49. The summed E-state index contributed by atoms with van der Waals surface area (Å²) < 4.78 is 26.3. The van der Waals surface area contributed by atoms with E-state index in [0.29, 0.717) is 6.42 Å². The molecule has 0 unspecified atom stereocenters. The van der Waals surface area contributed by atoms with E-state index in [-0.39, 0.29) is 36.0 Å². The molecule has 0 bridgehead atoms. The summed E-state index contributed by atoms with van der Waals surface area (Å²) in [6.45, 7) is -0.0759. The lowest BCUT2D eigenvalue weighted by atomic mass is 9.90. The van der Waals surface area contributed by atoms with Crippen molar-refractivity contribution in [1.29, 1.82) is 0 Å². The molecule has 3 aromatic rings. The van der Waals surface area contributed by atoms with Gasteiger partial charge in [0.25, 0.3) is 0 Å². The average Bonchev–Trinajstić information content (AvgIpc) is 2.73.